The first kappa shape index (κ1) is 13.1. The Balaban J connectivity index is 1.82. The van der Waals surface area contributed by atoms with Gasteiger partial charge in [0.05, 0.1) is 6.04 Å². The Morgan fingerprint density at radius 2 is 2.05 bits per heavy atom. The zero-order valence-electron chi connectivity index (χ0n) is 10.7. The molecule has 0 saturated heterocycles. The van der Waals surface area contributed by atoms with E-state index in [0.29, 0.717) is 0 Å². The van der Waals surface area contributed by atoms with E-state index in [0.717, 1.165) is 11.1 Å². The number of benzene rings is 1. The Morgan fingerprint density at radius 1 is 1.26 bits per heavy atom. The molecule has 0 aliphatic heterocycles. The molecule has 1 N–H and O–H groups in total. The van der Waals surface area contributed by atoms with Crippen molar-refractivity contribution in [3.05, 3.63) is 66.0 Å². The fourth-order valence-corrected chi connectivity index (χ4v) is 1.66. The lowest BCUT2D eigenvalue weighted by Crippen LogP contribution is -2.27. The van der Waals surface area contributed by atoms with Gasteiger partial charge in [0.1, 0.15) is 6.61 Å². The molecule has 19 heavy (non-hydrogen) atoms. The summed E-state index contributed by atoms with van der Waals surface area (Å²) in [5.74, 6) is 0. The second-order valence-corrected chi connectivity index (χ2v) is 4.21. The molecular formula is C15H16N2O2. The second-order valence-electron chi connectivity index (χ2n) is 4.21. The van der Waals surface area contributed by atoms with Gasteiger partial charge in [0.25, 0.3) is 0 Å². The van der Waals surface area contributed by atoms with Crippen LogP contribution in [0.15, 0.2) is 54.9 Å². The van der Waals surface area contributed by atoms with Crippen LogP contribution in [0, 0.1) is 0 Å². The monoisotopic (exact) mass is 256 g/mol. The number of rotatable bonds is 4. The lowest BCUT2D eigenvalue weighted by molar-refractivity contribution is 0.136. The first-order valence-electron chi connectivity index (χ1n) is 6.13. The maximum atomic E-state index is 11.6. The third kappa shape index (κ3) is 4.10. The van der Waals surface area contributed by atoms with Crippen LogP contribution < -0.4 is 5.32 Å². The molecule has 1 aromatic heterocycles. The zero-order valence-corrected chi connectivity index (χ0v) is 10.7. The summed E-state index contributed by atoms with van der Waals surface area (Å²) >= 11 is 0. The lowest BCUT2D eigenvalue weighted by Gasteiger charge is -2.13. The van der Waals surface area contributed by atoms with Crippen molar-refractivity contribution < 1.29 is 9.53 Å². The lowest BCUT2D eigenvalue weighted by atomic mass is 10.1. The molecule has 1 aromatic carbocycles. The normalized spacial score (nSPS) is 11.6. The Bertz CT molecular complexity index is 514. The van der Waals surface area contributed by atoms with Crippen LogP contribution in [0.5, 0.6) is 0 Å². The highest BCUT2D eigenvalue weighted by molar-refractivity contribution is 5.67. The van der Waals surface area contributed by atoms with E-state index in [9.17, 15) is 4.79 Å². The summed E-state index contributed by atoms with van der Waals surface area (Å²) in [6, 6.07) is 13.2. The molecule has 0 fully saturated rings. The average Bonchev–Trinajstić information content (AvgIpc) is 2.47. The standard InChI is InChI=1S/C15H16N2O2/c1-12(14-8-5-9-16-10-14)17-15(18)19-11-13-6-3-2-4-7-13/h2-10,12H,11H2,1H3,(H,17,18). The molecule has 1 heterocycles. The van der Waals surface area contributed by atoms with Crippen LogP contribution in [0.25, 0.3) is 0 Å². The number of hydrogen-bond acceptors (Lipinski definition) is 3. The molecule has 2 rings (SSSR count). The topological polar surface area (TPSA) is 51.2 Å². The van der Waals surface area contributed by atoms with Gasteiger partial charge in [-0.1, -0.05) is 36.4 Å². The average molecular weight is 256 g/mol. The maximum absolute atomic E-state index is 11.6. The number of aromatic nitrogens is 1. The molecule has 1 atom stereocenters. The van der Waals surface area contributed by atoms with Gasteiger partial charge in [-0.15, -0.1) is 0 Å². The number of nitrogens with one attached hydrogen (secondary N) is 1. The van der Waals surface area contributed by atoms with Crippen LogP contribution in [0.4, 0.5) is 4.79 Å². The number of alkyl carbamates (subject to hydrolysis) is 1. The van der Waals surface area contributed by atoms with Crippen molar-refractivity contribution in [2.45, 2.75) is 19.6 Å². The van der Waals surface area contributed by atoms with Crippen molar-refractivity contribution in [1.82, 2.24) is 10.3 Å². The van der Waals surface area contributed by atoms with Crippen molar-refractivity contribution in [1.29, 1.82) is 0 Å². The molecule has 0 spiro atoms. The minimum absolute atomic E-state index is 0.128. The number of pyridine rings is 1. The van der Waals surface area contributed by atoms with Crippen molar-refractivity contribution in [2.24, 2.45) is 0 Å². The van der Waals surface area contributed by atoms with E-state index < -0.39 is 6.09 Å². The minimum atomic E-state index is -0.430. The molecule has 1 amide bonds. The van der Waals surface area contributed by atoms with Gasteiger partial charge in [-0.2, -0.15) is 0 Å². The molecule has 2 aromatic rings. The van der Waals surface area contributed by atoms with Gasteiger partial charge in [-0.05, 0) is 24.1 Å². The summed E-state index contributed by atoms with van der Waals surface area (Å²) in [7, 11) is 0. The number of carbonyl (C=O) groups excluding carboxylic acids is 1. The first-order valence-corrected chi connectivity index (χ1v) is 6.13. The van der Waals surface area contributed by atoms with Gasteiger partial charge in [-0.25, -0.2) is 4.79 Å². The van der Waals surface area contributed by atoms with Crippen molar-refractivity contribution in [2.75, 3.05) is 0 Å². The summed E-state index contributed by atoms with van der Waals surface area (Å²) in [6.45, 7) is 2.16. The highest BCUT2D eigenvalue weighted by atomic mass is 16.5. The molecule has 0 saturated carbocycles. The zero-order chi connectivity index (χ0) is 13.5. The highest BCUT2D eigenvalue weighted by Gasteiger charge is 2.10. The van der Waals surface area contributed by atoms with Gasteiger partial charge < -0.3 is 10.1 Å². The van der Waals surface area contributed by atoms with Crippen LogP contribution in [-0.2, 0) is 11.3 Å². The molecule has 4 nitrogen and oxygen atoms in total. The third-order valence-corrected chi connectivity index (χ3v) is 2.73. The summed E-state index contributed by atoms with van der Waals surface area (Å²) in [6.07, 6.45) is 2.99. The fourth-order valence-electron chi connectivity index (χ4n) is 1.66. The van der Waals surface area contributed by atoms with Gasteiger partial charge in [0.15, 0.2) is 0 Å². The van der Waals surface area contributed by atoms with Crippen LogP contribution in [0.1, 0.15) is 24.1 Å². The van der Waals surface area contributed by atoms with Gasteiger partial charge in [0, 0.05) is 12.4 Å². The number of amides is 1. The third-order valence-electron chi connectivity index (χ3n) is 2.73. The number of carbonyl (C=O) groups is 1. The minimum Gasteiger partial charge on any atom is -0.445 e. The Kier molecular flexibility index (Phi) is 4.50. The summed E-state index contributed by atoms with van der Waals surface area (Å²) in [4.78, 5) is 15.7. The van der Waals surface area contributed by atoms with E-state index in [2.05, 4.69) is 10.3 Å². The van der Waals surface area contributed by atoms with Crippen molar-refractivity contribution in [3.63, 3.8) is 0 Å². The number of nitrogens with zero attached hydrogens (tertiary/aromatic N) is 1. The number of ether oxygens (including phenoxy) is 1. The Hall–Kier alpha value is -2.36. The Morgan fingerprint density at radius 3 is 2.74 bits per heavy atom. The predicted molar refractivity (Wildman–Crippen MR) is 72.4 cm³/mol. The quantitative estimate of drug-likeness (QED) is 0.914. The molecule has 0 aliphatic rings. The van der Waals surface area contributed by atoms with Gasteiger partial charge in [-0.3, -0.25) is 4.98 Å². The van der Waals surface area contributed by atoms with Crippen LogP contribution >= 0.6 is 0 Å². The molecule has 1 unspecified atom stereocenters. The first-order chi connectivity index (χ1) is 9.25. The van der Waals surface area contributed by atoms with E-state index >= 15 is 0 Å². The second kappa shape index (κ2) is 6.54. The van der Waals surface area contributed by atoms with Crippen LogP contribution in [0.2, 0.25) is 0 Å². The fraction of sp³-hybridized carbons (Fsp3) is 0.200. The van der Waals surface area contributed by atoms with Crippen LogP contribution in [-0.4, -0.2) is 11.1 Å². The van der Waals surface area contributed by atoms with E-state index in [4.69, 9.17) is 4.74 Å². The molecule has 4 heteroatoms. The van der Waals surface area contributed by atoms with Gasteiger partial charge in [0.2, 0.25) is 0 Å². The summed E-state index contributed by atoms with van der Waals surface area (Å²) in [5.41, 5.74) is 1.91. The highest BCUT2D eigenvalue weighted by Crippen LogP contribution is 2.10. The maximum Gasteiger partial charge on any atom is 0.407 e. The van der Waals surface area contributed by atoms with Crippen molar-refractivity contribution in [3.8, 4) is 0 Å². The molecule has 0 aliphatic carbocycles. The molecule has 98 valence electrons. The molecular weight excluding hydrogens is 240 g/mol. The molecule has 0 bridgehead atoms. The predicted octanol–water partition coefficient (Wildman–Crippen LogP) is 3.07. The summed E-state index contributed by atoms with van der Waals surface area (Å²) in [5, 5.41) is 2.77. The van der Waals surface area contributed by atoms with E-state index in [1.54, 1.807) is 12.4 Å². The number of hydrogen-bond donors (Lipinski definition) is 1. The summed E-state index contributed by atoms with van der Waals surface area (Å²) < 4.78 is 5.15. The Labute approximate surface area is 112 Å². The molecule has 0 radical (unpaired) electrons. The smallest absolute Gasteiger partial charge is 0.407 e. The van der Waals surface area contributed by atoms with E-state index in [1.165, 1.54) is 0 Å². The van der Waals surface area contributed by atoms with Crippen molar-refractivity contribution >= 4 is 6.09 Å². The van der Waals surface area contributed by atoms with E-state index in [-0.39, 0.29) is 12.6 Å². The largest absolute Gasteiger partial charge is 0.445 e. The van der Waals surface area contributed by atoms with Gasteiger partial charge >= 0.3 is 6.09 Å². The van der Waals surface area contributed by atoms with E-state index in [1.807, 2.05) is 49.4 Å². The SMILES string of the molecule is CC(NC(=O)OCc1ccccc1)c1cccnc1. The van der Waals surface area contributed by atoms with Crippen LogP contribution in [0.3, 0.4) is 0 Å².